The van der Waals surface area contributed by atoms with Gasteiger partial charge in [-0.05, 0) is 96.3 Å². The topological polar surface area (TPSA) is 92.8 Å². The van der Waals surface area contributed by atoms with Crippen molar-refractivity contribution >= 4 is 49.6 Å². The van der Waals surface area contributed by atoms with Crippen LogP contribution in [0.3, 0.4) is 0 Å². The number of ether oxygens (including phenoxy) is 1. The van der Waals surface area contributed by atoms with Crippen LogP contribution in [-0.4, -0.2) is 56.3 Å². The minimum Gasteiger partial charge on any atom is -0.467 e. The van der Waals surface area contributed by atoms with E-state index in [4.69, 9.17) is 4.74 Å². The molecule has 0 heterocycles. The van der Waals surface area contributed by atoms with Crippen molar-refractivity contribution in [3.05, 3.63) is 87.9 Å². The van der Waals surface area contributed by atoms with E-state index >= 15 is 0 Å². The number of halogens is 1. The van der Waals surface area contributed by atoms with E-state index in [1.165, 1.54) is 26.4 Å². The molecule has 45 heavy (non-hydrogen) atoms. The predicted molar refractivity (Wildman–Crippen MR) is 186 cm³/mol. The number of rotatable bonds is 14. The molecule has 0 aromatic heterocycles. The lowest BCUT2D eigenvalue weighted by molar-refractivity contribution is -0.142. The molecular weight excluding hydrogens is 672 g/mol. The number of methoxy groups -OCH3 is 1. The van der Waals surface area contributed by atoms with Crippen LogP contribution in [0.2, 0.25) is 0 Å². The van der Waals surface area contributed by atoms with Gasteiger partial charge in [0.25, 0.3) is 5.91 Å². The van der Waals surface area contributed by atoms with Crippen molar-refractivity contribution in [3.8, 4) is 11.1 Å². The van der Waals surface area contributed by atoms with Crippen LogP contribution in [0, 0.1) is 12.8 Å². The Morgan fingerprint density at radius 3 is 2.40 bits per heavy atom. The molecule has 0 aliphatic heterocycles. The number of hydrogen-bond acceptors (Lipinski definition) is 6. The van der Waals surface area contributed by atoms with E-state index < -0.39 is 22.0 Å². The third-order valence-electron chi connectivity index (χ3n) is 8.49. The normalized spacial score (nSPS) is 14.7. The molecule has 10 heteroatoms. The fourth-order valence-electron chi connectivity index (χ4n) is 5.89. The van der Waals surface area contributed by atoms with Gasteiger partial charge in [0.15, 0.2) is 0 Å². The maximum Gasteiger partial charge on any atom is 0.328 e. The lowest BCUT2D eigenvalue weighted by Crippen LogP contribution is -2.42. The summed E-state index contributed by atoms with van der Waals surface area (Å²) in [6.07, 6.45) is 9.11. The maximum absolute atomic E-state index is 14.0. The lowest BCUT2D eigenvalue weighted by Gasteiger charge is -2.27. The van der Waals surface area contributed by atoms with Gasteiger partial charge in [0.05, 0.1) is 12.0 Å². The molecule has 1 atom stereocenters. The van der Waals surface area contributed by atoms with E-state index in [0.29, 0.717) is 35.8 Å². The van der Waals surface area contributed by atoms with Crippen molar-refractivity contribution in [3.63, 3.8) is 0 Å². The summed E-state index contributed by atoms with van der Waals surface area (Å²) in [5.41, 5.74) is 3.72. The van der Waals surface area contributed by atoms with Gasteiger partial charge in [0.2, 0.25) is 10.0 Å². The molecule has 7 nitrogen and oxygen atoms in total. The van der Waals surface area contributed by atoms with Crippen molar-refractivity contribution in [2.75, 3.05) is 25.7 Å². The zero-order valence-electron chi connectivity index (χ0n) is 26.3. The van der Waals surface area contributed by atoms with E-state index in [9.17, 15) is 18.0 Å². The summed E-state index contributed by atoms with van der Waals surface area (Å²) >= 11 is 5.00. The number of benzene rings is 3. The molecule has 1 aliphatic carbocycles. The fraction of sp³-hybridized carbons (Fsp3) is 0.429. The highest BCUT2D eigenvalue weighted by atomic mass is 79.9. The summed E-state index contributed by atoms with van der Waals surface area (Å²) in [6.45, 7) is 2.57. The van der Waals surface area contributed by atoms with Crippen molar-refractivity contribution in [1.29, 1.82) is 0 Å². The van der Waals surface area contributed by atoms with Crippen LogP contribution in [-0.2, 0) is 26.1 Å². The Balaban J connectivity index is 1.70. The number of nitrogens with one attached hydrogen (secondary N) is 1. The largest absolute Gasteiger partial charge is 0.467 e. The Bertz CT molecular complexity index is 1560. The number of nitrogens with zero attached hydrogens (tertiary/aromatic N) is 1. The van der Waals surface area contributed by atoms with Crippen LogP contribution in [0.5, 0.6) is 0 Å². The van der Waals surface area contributed by atoms with E-state index in [2.05, 4.69) is 21.2 Å². The minimum absolute atomic E-state index is 0.171. The second kappa shape index (κ2) is 16.8. The molecule has 0 bridgehead atoms. The second-order valence-corrected chi connectivity index (χ2v) is 15.4. The number of hydrogen-bond donors (Lipinski definition) is 1. The van der Waals surface area contributed by atoms with Gasteiger partial charge < -0.3 is 10.1 Å². The molecule has 4 rings (SSSR count). The Morgan fingerprint density at radius 1 is 1.02 bits per heavy atom. The standard InChI is InChI=1S/C35H43BrN2O5S2/c1-25-9-7-8-12-30(25)32-23-27(13-18-31(32)34(39)37-33(20-22-44-3)35(40)43-2)24-38(21-19-26-10-5-4-6-11-26)45(41,42)29-16-14-28(36)15-17-29/h7-9,12-18,23,26,33H,4-6,10-11,19-22,24H2,1-3H3,(H,37,39)/t33-/m0/s1. The first-order chi connectivity index (χ1) is 21.6. The van der Waals surface area contributed by atoms with Gasteiger partial charge in [0.1, 0.15) is 6.04 Å². The average Bonchev–Trinajstić information content (AvgIpc) is 3.05. The van der Waals surface area contributed by atoms with Crippen LogP contribution in [0.15, 0.2) is 76.1 Å². The molecule has 242 valence electrons. The molecule has 1 N–H and O–H groups in total. The van der Waals surface area contributed by atoms with Gasteiger partial charge >= 0.3 is 5.97 Å². The average molecular weight is 716 g/mol. The van der Waals surface area contributed by atoms with Gasteiger partial charge in [-0.2, -0.15) is 16.1 Å². The van der Waals surface area contributed by atoms with Crippen molar-refractivity contribution in [2.45, 2.75) is 69.4 Å². The Morgan fingerprint density at radius 2 is 1.73 bits per heavy atom. The first-order valence-electron chi connectivity index (χ1n) is 15.5. The number of carbonyl (C=O) groups is 2. The molecule has 0 saturated heterocycles. The molecule has 1 aliphatic rings. The summed E-state index contributed by atoms with van der Waals surface area (Å²) in [4.78, 5) is 26.4. The van der Waals surface area contributed by atoms with Gasteiger partial charge in [-0.1, -0.05) is 78.4 Å². The number of sulfonamides is 1. The molecule has 0 radical (unpaired) electrons. The van der Waals surface area contributed by atoms with Crippen LogP contribution in [0.4, 0.5) is 0 Å². The molecule has 1 saturated carbocycles. The molecule has 0 spiro atoms. The highest BCUT2D eigenvalue weighted by Crippen LogP contribution is 2.31. The van der Waals surface area contributed by atoms with Crippen LogP contribution >= 0.6 is 27.7 Å². The van der Waals surface area contributed by atoms with Crippen LogP contribution in [0.25, 0.3) is 11.1 Å². The maximum atomic E-state index is 14.0. The fourth-order valence-corrected chi connectivity index (χ4v) is 8.07. The van der Waals surface area contributed by atoms with Gasteiger partial charge in [-0.15, -0.1) is 0 Å². The van der Waals surface area contributed by atoms with Crippen LogP contribution < -0.4 is 5.32 Å². The number of carbonyl (C=O) groups excluding carboxylic acids is 2. The minimum atomic E-state index is -3.79. The third-order valence-corrected chi connectivity index (χ3v) is 11.5. The monoisotopic (exact) mass is 714 g/mol. The Labute approximate surface area is 280 Å². The second-order valence-electron chi connectivity index (χ2n) is 11.6. The Hall–Kier alpha value is -2.66. The van der Waals surface area contributed by atoms with Gasteiger partial charge in [-0.3, -0.25) is 4.79 Å². The summed E-state index contributed by atoms with van der Waals surface area (Å²) in [6, 6.07) is 19.2. The lowest BCUT2D eigenvalue weighted by atomic mass is 9.87. The summed E-state index contributed by atoms with van der Waals surface area (Å²) in [5.74, 6) is 0.336. The third kappa shape index (κ3) is 9.44. The SMILES string of the molecule is COC(=O)[C@H](CCSC)NC(=O)c1ccc(CN(CCC2CCCCC2)S(=O)(=O)c2ccc(Br)cc2)cc1-c1ccccc1C. The molecule has 0 unspecified atom stereocenters. The summed E-state index contributed by atoms with van der Waals surface area (Å²) < 4.78 is 35.4. The first-order valence-corrected chi connectivity index (χ1v) is 19.1. The number of esters is 1. The van der Waals surface area contributed by atoms with Crippen molar-refractivity contribution in [1.82, 2.24) is 9.62 Å². The molecule has 3 aromatic rings. The quantitative estimate of drug-likeness (QED) is 0.173. The summed E-state index contributed by atoms with van der Waals surface area (Å²) in [5, 5.41) is 2.88. The molecule has 3 aromatic carbocycles. The predicted octanol–water partition coefficient (Wildman–Crippen LogP) is 7.61. The van der Waals surface area contributed by atoms with E-state index in [-0.39, 0.29) is 17.3 Å². The zero-order valence-corrected chi connectivity index (χ0v) is 29.5. The first kappa shape index (κ1) is 35.2. The van der Waals surface area contributed by atoms with Crippen molar-refractivity contribution in [2.24, 2.45) is 5.92 Å². The smallest absolute Gasteiger partial charge is 0.328 e. The van der Waals surface area contributed by atoms with Gasteiger partial charge in [-0.25, -0.2) is 13.2 Å². The van der Waals surface area contributed by atoms with Crippen LogP contribution in [0.1, 0.15) is 66.4 Å². The number of aryl methyl sites for hydroxylation is 1. The van der Waals surface area contributed by atoms with E-state index in [0.717, 1.165) is 40.4 Å². The number of thioether (sulfide) groups is 1. The van der Waals surface area contributed by atoms with E-state index in [1.807, 2.05) is 49.6 Å². The van der Waals surface area contributed by atoms with E-state index in [1.54, 1.807) is 46.4 Å². The molecule has 1 fully saturated rings. The Kier molecular flexibility index (Phi) is 13.1. The molecular formula is C35H43BrN2O5S2. The highest BCUT2D eigenvalue weighted by molar-refractivity contribution is 9.10. The van der Waals surface area contributed by atoms with Gasteiger partial charge in [0, 0.05) is 23.1 Å². The molecule has 1 amide bonds. The zero-order chi connectivity index (χ0) is 32.4. The number of amides is 1. The summed E-state index contributed by atoms with van der Waals surface area (Å²) in [7, 11) is -2.47. The van der Waals surface area contributed by atoms with Crippen molar-refractivity contribution < 1.29 is 22.7 Å². The highest BCUT2D eigenvalue weighted by Gasteiger charge is 2.28.